The van der Waals surface area contributed by atoms with Gasteiger partial charge >= 0.3 is 0 Å². The number of rotatable bonds is 4. The Bertz CT molecular complexity index is 467. The number of nitrogen functional groups attached to an aromatic ring is 1. The highest BCUT2D eigenvalue weighted by molar-refractivity contribution is 5.70. The van der Waals surface area contributed by atoms with Crippen LogP contribution >= 0.6 is 0 Å². The molecule has 0 aromatic carbocycles. The molecule has 1 rings (SSSR count). The number of aromatic nitrogens is 1. The summed E-state index contributed by atoms with van der Waals surface area (Å²) in [6.45, 7) is 4.55. The molecule has 0 bridgehead atoms. The van der Waals surface area contributed by atoms with Crippen molar-refractivity contribution in [2.45, 2.75) is 26.3 Å². The van der Waals surface area contributed by atoms with E-state index in [-0.39, 0.29) is 6.04 Å². The molecule has 0 unspecified atom stereocenters. The van der Waals surface area contributed by atoms with Gasteiger partial charge in [-0.1, -0.05) is 0 Å². The van der Waals surface area contributed by atoms with Crippen molar-refractivity contribution in [2.24, 2.45) is 0 Å². The van der Waals surface area contributed by atoms with E-state index in [9.17, 15) is 0 Å². The minimum Gasteiger partial charge on any atom is -0.395 e. The van der Waals surface area contributed by atoms with Gasteiger partial charge in [0.15, 0.2) is 5.82 Å². The summed E-state index contributed by atoms with van der Waals surface area (Å²) in [7, 11) is 0. The summed E-state index contributed by atoms with van der Waals surface area (Å²) in [6, 6.07) is 5.88. The molecule has 1 aromatic heterocycles. The second-order valence-electron chi connectivity index (χ2n) is 3.90. The number of anilines is 2. The number of nitrogens with zero attached hydrogens (tertiary/aromatic N) is 4. The summed E-state index contributed by atoms with van der Waals surface area (Å²) < 4.78 is 0. The lowest BCUT2D eigenvalue weighted by Gasteiger charge is -2.28. The van der Waals surface area contributed by atoms with Crippen LogP contribution in [0.25, 0.3) is 0 Å². The van der Waals surface area contributed by atoms with Crippen LogP contribution < -0.4 is 10.6 Å². The fourth-order valence-electron chi connectivity index (χ4n) is 1.57. The molecule has 0 aliphatic carbocycles. The molecule has 0 atom stereocenters. The van der Waals surface area contributed by atoms with Gasteiger partial charge in [0.25, 0.3) is 0 Å². The Morgan fingerprint density at radius 3 is 2.71 bits per heavy atom. The van der Waals surface area contributed by atoms with Gasteiger partial charge in [-0.15, -0.1) is 0 Å². The van der Waals surface area contributed by atoms with Crippen molar-refractivity contribution in [1.29, 1.82) is 10.5 Å². The molecule has 17 heavy (non-hydrogen) atoms. The minimum atomic E-state index is 0.173. The van der Waals surface area contributed by atoms with Gasteiger partial charge in [-0.05, 0) is 19.9 Å². The van der Waals surface area contributed by atoms with E-state index in [0.29, 0.717) is 30.0 Å². The second kappa shape index (κ2) is 5.72. The average molecular weight is 229 g/mol. The van der Waals surface area contributed by atoms with Crippen LogP contribution in [0.1, 0.15) is 25.8 Å². The quantitative estimate of drug-likeness (QED) is 0.848. The standard InChI is InChI=1S/C12H15N5/c1-9(2)17(7-3-5-13)12-11(15)10(8-14)4-6-16-12/h4,6,9H,3,7,15H2,1-2H3. The van der Waals surface area contributed by atoms with Gasteiger partial charge in [0.2, 0.25) is 0 Å². The summed E-state index contributed by atoms with van der Waals surface area (Å²) in [6.07, 6.45) is 1.96. The molecule has 1 aromatic rings. The zero-order chi connectivity index (χ0) is 12.8. The van der Waals surface area contributed by atoms with E-state index in [2.05, 4.69) is 11.1 Å². The largest absolute Gasteiger partial charge is 0.395 e. The van der Waals surface area contributed by atoms with E-state index >= 15 is 0 Å². The Kier molecular flexibility index (Phi) is 4.30. The van der Waals surface area contributed by atoms with Crippen molar-refractivity contribution in [3.63, 3.8) is 0 Å². The maximum Gasteiger partial charge on any atom is 0.153 e. The molecule has 0 aliphatic heterocycles. The topological polar surface area (TPSA) is 89.7 Å². The molecule has 5 heteroatoms. The van der Waals surface area contributed by atoms with Crippen LogP contribution in [-0.2, 0) is 0 Å². The van der Waals surface area contributed by atoms with Gasteiger partial charge in [-0.3, -0.25) is 0 Å². The lowest BCUT2D eigenvalue weighted by Crippen LogP contribution is -2.33. The third-order valence-corrected chi connectivity index (χ3v) is 2.45. The molecule has 1 heterocycles. The first-order chi connectivity index (χ1) is 8.11. The highest BCUT2D eigenvalue weighted by Gasteiger charge is 2.16. The summed E-state index contributed by atoms with van der Waals surface area (Å²) in [4.78, 5) is 6.13. The van der Waals surface area contributed by atoms with Gasteiger partial charge in [-0.25, -0.2) is 4.98 Å². The monoisotopic (exact) mass is 229 g/mol. The fourth-order valence-corrected chi connectivity index (χ4v) is 1.57. The first-order valence-electron chi connectivity index (χ1n) is 5.40. The zero-order valence-electron chi connectivity index (χ0n) is 10.0. The normalized spacial score (nSPS) is 9.71. The summed E-state index contributed by atoms with van der Waals surface area (Å²) in [5.74, 6) is 0.578. The predicted octanol–water partition coefficient (Wildman–Crippen LogP) is 1.66. The number of nitriles is 2. The molecule has 2 N–H and O–H groups in total. The summed E-state index contributed by atoms with van der Waals surface area (Å²) in [5, 5.41) is 17.5. The Morgan fingerprint density at radius 1 is 1.47 bits per heavy atom. The van der Waals surface area contributed by atoms with Gasteiger partial charge in [0, 0.05) is 18.8 Å². The first-order valence-corrected chi connectivity index (χ1v) is 5.40. The van der Waals surface area contributed by atoms with E-state index in [1.807, 2.05) is 24.8 Å². The van der Waals surface area contributed by atoms with Crippen molar-refractivity contribution in [1.82, 2.24) is 4.98 Å². The Balaban J connectivity index is 3.11. The molecule has 0 fully saturated rings. The molecule has 0 radical (unpaired) electrons. The lowest BCUT2D eigenvalue weighted by molar-refractivity contribution is 0.678. The van der Waals surface area contributed by atoms with Gasteiger partial charge in [0.05, 0.1) is 23.7 Å². The summed E-state index contributed by atoms with van der Waals surface area (Å²) >= 11 is 0. The first kappa shape index (κ1) is 12.8. The molecular formula is C12H15N5. The van der Waals surface area contributed by atoms with E-state index in [4.69, 9.17) is 16.3 Å². The molecule has 0 saturated carbocycles. The smallest absolute Gasteiger partial charge is 0.153 e. The fraction of sp³-hybridized carbons (Fsp3) is 0.417. The van der Waals surface area contributed by atoms with Gasteiger partial charge < -0.3 is 10.6 Å². The molecule has 88 valence electrons. The van der Waals surface area contributed by atoms with Gasteiger partial charge in [-0.2, -0.15) is 10.5 Å². The Labute approximate surface area is 101 Å². The molecule has 0 spiro atoms. The maximum atomic E-state index is 8.91. The number of hydrogen-bond acceptors (Lipinski definition) is 5. The Morgan fingerprint density at radius 2 is 2.18 bits per heavy atom. The highest BCUT2D eigenvalue weighted by atomic mass is 15.2. The maximum absolute atomic E-state index is 8.91. The zero-order valence-corrected chi connectivity index (χ0v) is 10.0. The summed E-state index contributed by atoms with van der Waals surface area (Å²) in [5.41, 5.74) is 6.69. The average Bonchev–Trinajstić information content (AvgIpc) is 2.31. The number of nitrogens with two attached hydrogens (primary N) is 1. The molecular weight excluding hydrogens is 214 g/mol. The van der Waals surface area contributed by atoms with Crippen molar-refractivity contribution in [3.05, 3.63) is 17.8 Å². The van der Waals surface area contributed by atoms with E-state index in [1.165, 1.54) is 0 Å². The van der Waals surface area contributed by atoms with Crippen LogP contribution in [0.15, 0.2) is 12.3 Å². The van der Waals surface area contributed by atoms with Crippen LogP contribution in [-0.4, -0.2) is 17.6 Å². The van der Waals surface area contributed by atoms with Crippen molar-refractivity contribution >= 4 is 11.5 Å². The molecule has 0 amide bonds. The number of pyridine rings is 1. The second-order valence-corrected chi connectivity index (χ2v) is 3.90. The predicted molar refractivity (Wildman–Crippen MR) is 66.1 cm³/mol. The molecule has 0 aliphatic rings. The van der Waals surface area contributed by atoms with E-state index in [0.717, 1.165) is 0 Å². The van der Waals surface area contributed by atoms with Crippen LogP contribution in [0, 0.1) is 22.7 Å². The molecule has 0 saturated heterocycles. The van der Waals surface area contributed by atoms with E-state index in [1.54, 1.807) is 12.3 Å². The Hall–Kier alpha value is -2.27. The minimum absolute atomic E-state index is 0.173. The third-order valence-electron chi connectivity index (χ3n) is 2.45. The SMILES string of the molecule is CC(C)N(CCC#N)c1nccc(C#N)c1N. The number of hydrogen-bond donors (Lipinski definition) is 1. The highest BCUT2D eigenvalue weighted by Crippen LogP contribution is 2.25. The molecule has 5 nitrogen and oxygen atoms in total. The van der Waals surface area contributed by atoms with Crippen LogP contribution in [0.4, 0.5) is 11.5 Å². The van der Waals surface area contributed by atoms with Crippen LogP contribution in [0.5, 0.6) is 0 Å². The van der Waals surface area contributed by atoms with Crippen molar-refractivity contribution in [2.75, 3.05) is 17.2 Å². The van der Waals surface area contributed by atoms with Crippen LogP contribution in [0.2, 0.25) is 0 Å². The van der Waals surface area contributed by atoms with Crippen LogP contribution in [0.3, 0.4) is 0 Å². The third kappa shape index (κ3) is 2.85. The van der Waals surface area contributed by atoms with Crippen molar-refractivity contribution in [3.8, 4) is 12.1 Å². The van der Waals surface area contributed by atoms with Gasteiger partial charge in [0.1, 0.15) is 6.07 Å². The lowest BCUT2D eigenvalue weighted by atomic mass is 10.2. The van der Waals surface area contributed by atoms with Crippen molar-refractivity contribution < 1.29 is 0 Å². The van der Waals surface area contributed by atoms with E-state index < -0.39 is 0 Å².